The summed E-state index contributed by atoms with van der Waals surface area (Å²) in [5.74, 6) is -1.21. The summed E-state index contributed by atoms with van der Waals surface area (Å²) < 4.78 is 39.1. The van der Waals surface area contributed by atoms with Crippen LogP contribution in [-0.4, -0.2) is 13.2 Å². The third kappa shape index (κ3) is 6.30. The maximum Gasteiger partial charge on any atom is 0.204 e. The normalized spacial score (nSPS) is 17.7. The van der Waals surface area contributed by atoms with Crippen molar-refractivity contribution in [3.8, 4) is 22.6 Å². The maximum absolute atomic E-state index is 14.3. The summed E-state index contributed by atoms with van der Waals surface area (Å²) in [6.45, 7) is 6.21. The third-order valence-electron chi connectivity index (χ3n) is 6.94. The summed E-state index contributed by atoms with van der Waals surface area (Å²) in [6, 6.07) is 20.6. The van der Waals surface area contributed by atoms with Crippen LogP contribution in [0.2, 0.25) is 0 Å². The first kappa shape index (κ1) is 25.0. The first-order chi connectivity index (χ1) is 17.1. The van der Waals surface area contributed by atoms with Gasteiger partial charge in [0.2, 0.25) is 11.6 Å². The highest BCUT2D eigenvalue weighted by atomic mass is 19.2. The molecule has 2 nitrogen and oxygen atoms in total. The minimum Gasteiger partial charge on any atom is -0.491 e. The Balaban J connectivity index is 1.28. The number of hydrogen-bond acceptors (Lipinski definition) is 2. The van der Waals surface area contributed by atoms with E-state index in [2.05, 4.69) is 55.1 Å². The number of rotatable bonds is 10. The predicted molar refractivity (Wildman–Crippen MR) is 138 cm³/mol. The van der Waals surface area contributed by atoms with Crippen molar-refractivity contribution in [1.29, 1.82) is 0 Å². The van der Waals surface area contributed by atoms with E-state index < -0.39 is 11.6 Å². The van der Waals surface area contributed by atoms with Gasteiger partial charge >= 0.3 is 0 Å². The molecule has 1 aliphatic rings. The van der Waals surface area contributed by atoms with Gasteiger partial charge in [0.15, 0.2) is 11.5 Å². The Morgan fingerprint density at radius 1 is 0.800 bits per heavy atom. The monoisotopic (exact) mass is 476 g/mol. The molecule has 3 aromatic rings. The molecule has 0 heterocycles. The average molecular weight is 477 g/mol. The molecule has 0 spiro atoms. The van der Waals surface area contributed by atoms with E-state index in [0.717, 1.165) is 38.5 Å². The molecule has 0 aliphatic heterocycles. The highest BCUT2D eigenvalue weighted by Gasteiger charge is 2.24. The van der Waals surface area contributed by atoms with Crippen molar-refractivity contribution >= 4 is 0 Å². The van der Waals surface area contributed by atoms with Crippen molar-refractivity contribution in [3.05, 3.63) is 96.1 Å². The van der Waals surface area contributed by atoms with Gasteiger partial charge in [-0.25, -0.2) is 0 Å². The van der Waals surface area contributed by atoms with Crippen LogP contribution in [0.3, 0.4) is 0 Å². The second kappa shape index (κ2) is 12.0. The molecule has 3 aromatic carbocycles. The van der Waals surface area contributed by atoms with Crippen molar-refractivity contribution < 1.29 is 18.3 Å². The SMILES string of the molecule is C=CCCc1ccc(-c2ccc(C3CCC(COc4ccc(OCC)c(F)c4F)CC3)cc2)cc1. The van der Waals surface area contributed by atoms with Crippen LogP contribution in [0.5, 0.6) is 11.5 Å². The van der Waals surface area contributed by atoms with Gasteiger partial charge < -0.3 is 9.47 Å². The number of benzene rings is 3. The molecule has 0 radical (unpaired) electrons. The topological polar surface area (TPSA) is 18.5 Å². The van der Waals surface area contributed by atoms with Crippen molar-refractivity contribution in [2.75, 3.05) is 13.2 Å². The van der Waals surface area contributed by atoms with Crippen molar-refractivity contribution in [3.63, 3.8) is 0 Å². The van der Waals surface area contributed by atoms with E-state index in [9.17, 15) is 8.78 Å². The lowest BCUT2D eigenvalue weighted by atomic mass is 9.79. The van der Waals surface area contributed by atoms with Gasteiger partial charge in [-0.05, 0) is 91.7 Å². The summed E-state index contributed by atoms with van der Waals surface area (Å²) in [6.07, 6.45) is 8.16. The van der Waals surface area contributed by atoms with Crippen molar-refractivity contribution in [2.24, 2.45) is 5.92 Å². The van der Waals surface area contributed by atoms with Crippen LogP contribution in [0.4, 0.5) is 8.78 Å². The fourth-order valence-electron chi connectivity index (χ4n) is 4.84. The zero-order chi connectivity index (χ0) is 24.6. The lowest BCUT2D eigenvalue weighted by Crippen LogP contribution is -2.19. The Bertz CT molecular complexity index is 1100. The van der Waals surface area contributed by atoms with E-state index in [0.29, 0.717) is 18.4 Å². The van der Waals surface area contributed by atoms with Gasteiger partial charge in [0, 0.05) is 0 Å². The highest BCUT2D eigenvalue weighted by molar-refractivity contribution is 5.64. The van der Waals surface area contributed by atoms with E-state index in [1.807, 2.05) is 6.08 Å². The molecule has 184 valence electrons. The Hall–Kier alpha value is -3.14. The highest BCUT2D eigenvalue weighted by Crippen LogP contribution is 2.37. The zero-order valence-electron chi connectivity index (χ0n) is 20.4. The van der Waals surface area contributed by atoms with E-state index in [-0.39, 0.29) is 18.1 Å². The molecule has 0 saturated heterocycles. The first-order valence-electron chi connectivity index (χ1n) is 12.6. The molecule has 4 rings (SSSR count). The van der Waals surface area contributed by atoms with Crippen LogP contribution in [0, 0.1) is 17.6 Å². The second-order valence-electron chi connectivity index (χ2n) is 9.30. The quantitative estimate of drug-likeness (QED) is 0.273. The lowest BCUT2D eigenvalue weighted by molar-refractivity contribution is 0.191. The largest absolute Gasteiger partial charge is 0.491 e. The number of ether oxygens (including phenoxy) is 2. The maximum atomic E-state index is 14.3. The minimum atomic E-state index is -0.986. The van der Waals surface area contributed by atoms with Gasteiger partial charge in [0.1, 0.15) is 0 Å². The summed E-state index contributed by atoms with van der Waals surface area (Å²) >= 11 is 0. The fraction of sp³-hybridized carbons (Fsp3) is 0.355. The summed E-state index contributed by atoms with van der Waals surface area (Å²) in [7, 11) is 0. The average Bonchev–Trinajstić information content (AvgIpc) is 2.90. The first-order valence-corrected chi connectivity index (χ1v) is 12.6. The van der Waals surface area contributed by atoms with Gasteiger partial charge in [-0.3, -0.25) is 0 Å². The van der Waals surface area contributed by atoms with Gasteiger partial charge in [-0.1, -0.05) is 54.6 Å². The molecule has 1 aliphatic carbocycles. The predicted octanol–water partition coefficient (Wildman–Crippen LogP) is 8.50. The molecule has 0 unspecified atom stereocenters. The van der Waals surface area contributed by atoms with E-state index in [1.54, 1.807) is 6.92 Å². The van der Waals surface area contributed by atoms with E-state index in [4.69, 9.17) is 9.47 Å². The Kier molecular flexibility index (Phi) is 8.57. The molecule has 0 bridgehead atoms. The van der Waals surface area contributed by atoms with Crippen molar-refractivity contribution in [2.45, 2.75) is 51.4 Å². The lowest BCUT2D eigenvalue weighted by Gasteiger charge is -2.29. The van der Waals surface area contributed by atoms with Crippen LogP contribution in [0.15, 0.2) is 73.3 Å². The summed E-state index contributed by atoms with van der Waals surface area (Å²) in [5.41, 5.74) is 5.17. The fourth-order valence-corrected chi connectivity index (χ4v) is 4.84. The molecule has 1 saturated carbocycles. The number of allylic oxidation sites excluding steroid dienone is 1. The molecule has 0 N–H and O–H groups in total. The van der Waals surface area contributed by atoms with Gasteiger partial charge in [-0.15, -0.1) is 6.58 Å². The number of aryl methyl sites for hydroxylation is 1. The van der Waals surface area contributed by atoms with Crippen LogP contribution in [0.1, 0.15) is 56.1 Å². The van der Waals surface area contributed by atoms with E-state index in [1.165, 1.54) is 34.4 Å². The molecular weight excluding hydrogens is 442 g/mol. The molecule has 0 aromatic heterocycles. The Morgan fingerprint density at radius 2 is 1.37 bits per heavy atom. The second-order valence-corrected chi connectivity index (χ2v) is 9.30. The van der Waals surface area contributed by atoms with Gasteiger partial charge in [0.05, 0.1) is 13.2 Å². The molecule has 4 heteroatoms. The number of halogens is 2. The molecular formula is C31H34F2O2. The smallest absolute Gasteiger partial charge is 0.204 e. The minimum absolute atomic E-state index is 0.0441. The van der Waals surface area contributed by atoms with Crippen molar-refractivity contribution in [1.82, 2.24) is 0 Å². The van der Waals surface area contributed by atoms with Gasteiger partial charge in [-0.2, -0.15) is 8.78 Å². The molecule has 35 heavy (non-hydrogen) atoms. The molecule has 1 fully saturated rings. The van der Waals surface area contributed by atoms with Crippen LogP contribution in [0.25, 0.3) is 11.1 Å². The van der Waals surface area contributed by atoms with E-state index >= 15 is 0 Å². The molecule has 0 atom stereocenters. The molecule has 0 amide bonds. The Morgan fingerprint density at radius 3 is 1.94 bits per heavy atom. The Labute approximate surface area is 207 Å². The zero-order valence-corrected chi connectivity index (χ0v) is 20.4. The standard InChI is InChI=1S/C31H34F2O2/c1-3-5-6-22-7-11-24(12-8-22)26-15-17-27(18-16-26)25-13-9-23(10-14-25)21-35-29-20-19-28(34-4-2)30(32)31(29)33/h3,7-8,11-12,15-20,23,25H,1,4-6,9-10,13-14,21H2,2H3. The van der Waals surface area contributed by atoms with Crippen LogP contribution in [-0.2, 0) is 6.42 Å². The van der Waals surface area contributed by atoms with Crippen LogP contribution < -0.4 is 9.47 Å². The number of hydrogen-bond donors (Lipinski definition) is 0. The summed E-state index contributed by atoms with van der Waals surface area (Å²) in [5, 5.41) is 0. The van der Waals surface area contributed by atoms with Crippen LogP contribution >= 0.6 is 0 Å². The van der Waals surface area contributed by atoms with Gasteiger partial charge in [0.25, 0.3) is 0 Å². The summed E-state index contributed by atoms with van der Waals surface area (Å²) in [4.78, 5) is 0. The third-order valence-corrected chi connectivity index (χ3v) is 6.94.